The van der Waals surface area contributed by atoms with E-state index in [4.69, 9.17) is 10.5 Å². The number of non-ortho nitro benzene ring substituents is 1. The fraction of sp³-hybridized carbons (Fsp3) is 0.417. The van der Waals surface area contributed by atoms with Gasteiger partial charge in [-0.2, -0.15) is 0 Å². The number of benzene rings is 1. The zero-order valence-corrected chi connectivity index (χ0v) is 10.8. The van der Waals surface area contributed by atoms with Crippen LogP contribution in [-0.2, 0) is 4.79 Å². The topological polar surface area (TPSA) is 98.7 Å². The van der Waals surface area contributed by atoms with Crippen LogP contribution in [0.5, 0.6) is 5.75 Å². The highest BCUT2D eigenvalue weighted by atomic mass is 16.6. The lowest BCUT2D eigenvalue weighted by molar-refractivity contribution is -0.384. The number of nitro groups is 1. The van der Waals surface area contributed by atoms with Gasteiger partial charge in [-0.3, -0.25) is 14.9 Å². The van der Waals surface area contributed by atoms with Crippen molar-refractivity contribution < 1.29 is 14.5 Å². The van der Waals surface area contributed by atoms with Crippen LogP contribution < -0.4 is 15.4 Å². The SMILES string of the molecule is CC1(C)CN(CC(N)=O)c2cc([N+](=O)[O-])ccc2O1. The summed E-state index contributed by atoms with van der Waals surface area (Å²) >= 11 is 0. The third-order valence-corrected chi connectivity index (χ3v) is 2.80. The summed E-state index contributed by atoms with van der Waals surface area (Å²) in [5, 5.41) is 10.8. The number of amides is 1. The van der Waals surface area contributed by atoms with Crippen LogP contribution in [-0.4, -0.2) is 29.5 Å². The number of hydrogen-bond acceptors (Lipinski definition) is 5. The van der Waals surface area contributed by atoms with Gasteiger partial charge >= 0.3 is 0 Å². The molecule has 19 heavy (non-hydrogen) atoms. The Bertz CT molecular complexity index is 542. The third-order valence-electron chi connectivity index (χ3n) is 2.80. The summed E-state index contributed by atoms with van der Waals surface area (Å²) in [6.45, 7) is 4.20. The van der Waals surface area contributed by atoms with Crippen molar-refractivity contribution in [3.8, 4) is 5.75 Å². The minimum absolute atomic E-state index is 0.000950. The van der Waals surface area contributed by atoms with Crippen molar-refractivity contribution in [2.75, 3.05) is 18.0 Å². The van der Waals surface area contributed by atoms with Crippen molar-refractivity contribution in [1.29, 1.82) is 0 Å². The molecule has 1 amide bonds. The van der Waals surface area contributed by atoms with E-state index in [0.29, 0.717) is 18.0 Å². The molecule has 0 aliphatic carbocycles. The second kappa shape index (κ2) is 4.42. The van der Waals surface area contributed by atoms with Gasteiger partial charge in [0.1, 0.15) is 11.4 Å². The number of nitrogens with zero attached hydrogens (tertiary/aromatic N) is 2. The Labute approximate surface area is 110 Å². The van der Waals surface area contributed by atoms with E-state index in [2.05, 4.69) is 0 Å². The second-order valence-electron chi connectivity index (χ2n) is 5.09. The molecule has 7 nitrogen and oxygen atoms in total. The Morgan fingerprint density at radius 1 is 1.58 bits per heavy atom. The van der Waals surface area contributed by atoms with Crippen molar-refractivity contribution in [3.05, 3.63) is 28.3 Å². The molecule has 0 spiro atoms. The van der Waals surface area contributed by atoms with Crippen molar-refractivity contribution in [1.82, 2.24) is 0 Å². The van der Waals surface area contributed by atoms with Crippen molar-refractivity contribution in [2.45, 2.75) is 19.4 Å². The molecule has 0 bridgehead atoms. The van der Waals surface area contributed by atoms with Crippen LogP contribution in [0, 0.1) is 10.1 Å². The third kappa shape index (κ3) is 2.75. The van der Waals surface area contributed by atoms with E-state index in [9.17, 15) is 14.9 Å². The number of carbonyl (C=O) groups excluding carboxylic acids is 1. The Kier molecular flexibility index (Phi) is 3.05. The first-order valence-corrected chi connectivity index (χ1v) is 5.79. The van der Waals surface area contributed by atoms with Gasteiger partial charge in [-0.05, 0) is 19.9 Å². The molecular weight excluding hydrogens is 250 g/mol. The van der Waals surface area contributed by atoms with E-state index in [1.54, 1.807) is 11.0 Å². The standard InChI is InChI=1S/C12H15N3O4/c1-12(2)7-14(6-11(13)16)9-5-8(15(17)18)3-4-10(9)19-12/h3-5H,6-7H2,1-2H3,(H2,13,16). The lowest BCUT2D eigenvalue weighted by atomic mass is 10.0. The zero-order valence-electron chi connectivity index (χ0n) is 10.8. The van der Waals surface area contributed by atoms with Gasteiger partial charge in [0.25, 0.3) is 5.69 Å². The lowest BCUT2D eigenvalue weighted by Crippen LogP contribution is -2.49. The molecule has 0 unspecified atom stereocenters. The molecule has 0 aromatic heterocycles. The maximum absolute atomic E-state index is 11.1. The van der Waals surface area contributed by atoms with Gasteiger partial charge in [-0.25, -0.2) is 0 Å². The number of rotatable bonds is 3. The number of anilines is 1. The van der Waals surface area contributed by atoms with Crippen LogP contribution in [0.2, 0.25) is 0 Å². The van der Waals surface area contributed by atoms with Gasteiger partial charge in [-0.1, -0.05) is 0 Å². The molecule has 0 saturated heterocycles. The Morgan fingerprint density at radius 2 is 2.26 bits per heavy atom. The van der Waals surface area contributed by atoms with E-state index < -0.39 is 16.4 Å². The molecule has 102 valence electrons. The number of fused-ring (bicyclic) bond motifs is 1. The van der Waals surface area contributed by atoms with Gasteiger partial charge in [-0.15, -0.1) is 0 Å². The van der Waals surface area contributed by atoms with Crippen molar-refractivity contribution >= 4 is 17.3 Å². The van der Waals surface area contributed by atoms with Gasteiger partial charge < -0.3 is 15.4 Å². The number of carbonyl (C=O) groups is 1. The second-order valence-corrected chi connectivity index (χ2v) is 5.09. The molecule has 0 radical (unpaired) electrons. The summed E-state index contributed by atoms with van der Waals surface area (Å²) in [4.78, 5) is 23.1. The van der Waals surface area contributed by atoms with E-state index in [0.717, 1.165) is 0 Å². The van der Waals surface area contributed by atoms with E-state index in [-0.39, 0.29) is 12.2 Å². The first kappa shape index (κ1) is 13.1. The molecule has 0 saturated carbocycles. The largest absolute Gasteiger partial charge is 0.484 e. The van der Waals surface area contributed by atoms with Gasteiger partial charge in [0.15, 0.2) is 0 Å². The number of primary amides is 1. The predicted molar refractivity (Wildman–Crippen MR) is 69.2 cm³/mol. The smallest absolute Gasteiger partial charge is 0.271 e. The average Bonchev–Trinajstić information content (AvgIpc) is 2.25. The van der Waals surface area contributed by atoms with Crippen LogP contribution in [0.3, 0.4) is 0 Å². The Hall–Kier alpha value is -2.31. The van der Waals surface area contributed by atoms with Gasteiger partial charge in [0, 0.05) is 12.1 Å². The minimum Gasteiger partial charge on any atom is -0.484 e. The summed E-state index contributed by atoms with van der Waals surface area (Å²) in [6, 6.07) is 4.32. The summed E-state index contributed by atoms with van der Waals surface area (Å²) < 4.78 is 5.75. The first-order chi connectivity index (χ1) is 8.78. The zero-order chi connectivity index (χ0) is 14.2. The van der Waals surface area contributed by atoms with Crippen molar-refractivity contribution in [3.63, 3.8) is 0 Å². The van der Waals surface area contributed by atoms with Crippen LogP contribution in [0.1, 0.15) is 13.8 Å². The summed E-state index contributed by atoms with van der Waals surface area (Å²) in [5.74, 6) is 0.0262. The molecular formula is C12H15N3O4. The highest BCUT2D eigenvalue weighted by Gasteiger charge is 2.33. The van der Waals surface area contributed by atoms with E-state index in [1.807, 2.05) is 13.8 Å². The molecule has 1 aromatic carbocycles. The average molecular weight is 265 g/mol. The number of ether oxygens (including phenoxy) is 1. The number of hydrogen-bond donors (Lipinski definition) is 1. The molecule has 0 fully saturated rings. The molecule has 2 N–H and O–H groups in total. The normalized spacial score (nSPS) is 16.4. The fourth-order valence-electron chi connectivity index (χ4n) is 2.16. The highest BCUT2D eigenvalue weighted by Crippen LogP contribution is 2.38. The van der Waals surface area contributed by atoms with E-state index in [1.165, 1.54) is 12.1 Å². The molecule has 1 aromatic rings. The predicted octanol–water partition coefficient (Wildman–Crippen LogP) is 1.06. The highest BCUT2D eigenvalue weighted by molar-refractivity contribution is 5.81. The van der Waals surface area contributed by atoms with Crippen LogP contribution in [0.25, 0.3) is 0 Å². The van der Waals surface area contributed by atoms with Crippen molar-refractivity contribution in [2.24, 2.45) is 5.73 Å². The fourth-order valence-corrected chi connectivity index (χ4v) is 2.16. The van der Waals surface area contributed by atoms with Crippen LogP contribution in [0.4, 0.5) is 11.4 Å². The molecule has 0 atom stereocenters. The van der Waals surface area contributed by atoms with Crippen LogP contribution >= 0.6 is 0 Å². The Morgan fingerprint density at radius 3 is 2.84 bits per heavy atom. The minimum atomic E-state index is -0.491. The van der Waals surface area contributed by atoms with Gasteiger partial charge in [0.05, 0.1) is 23.7 Å². The monoisotopic (exact) mass is 265 g/mol. The maximum Gasteiger partial charge on any atom is 0.271 e. The first-order valence-electron chi connectivity index (χ1n) is 5.79. The summed E-state index contributed by atoms with van der Waals surface area (Å²) in [6.07, 6.45) is 0. The molecule has 2 rings (SSSR count). The molecule has 1 aliphatic heterocycles. The molecule has 1 aliphatic rings. The van der Waals surface area contributed by atoms with Gasteiger partial charge in [0.2, 0.25) is 5.91 Å². The maximum atomic E-state index is 11.1. The molecule has 7 heteroatoms. The summed E-state index contributed by atoms with van der Waals surface area (Å²) in [7, 11) is 0. The summed E-state index contributed by atoms with van der Waals surface area (Å²) in [5.41, 5.74) is 5.20. The number of nitro benzene ring substituents is 1. The quantitative estimate of drug-likeness (QED) is 0.650. The lowest BCUT2D eigenvalue weighted by Gasteiger charge is -2.40. The molecule has 1 heterocycles. The number of nitrogens with two attached hydrogens (primary N) is 1. The van der Waals surface area contributed by atoms with E-state index >= 15 is 0 Å². The van der Waals surface area contributed by atoms with Crippen LogP contribution in [0.15, 0.2) is 18.2 Å². The Balaban J connectivity index is 2.45.